The fourth-order valence-electron chi connectivity index (χ4n) is 3.39. The summed E-state index contributed by atoms with van der Waals surface area (Å²) < 4.78 is 39.5. The lowest BCUT2D eigenvalue weighted by molar-refractivity contribution is -0.144. The number of halogens is 3. The first-order valence-corrected chi connectivity index (χ1v) is 7.01. The van der Waals surface area contributed by atoms with E-state index in [2.05, 4.69) is 4.98 Å². The molecule has 1 saturated carbocycles. The van der Waals surface area contributed by atoms with Gasteiger partial charge in [0.1, 0.15) is 0 Å². The van der Waals surface area contributed by atoms with E-state index in [0.29, 0.717) is 6.42 Å². The number of rotatable bonds is 2. The second-order valence-corrected chi connectivity index (χ2v) is 5.94. The molecule has 0 radical (unpaired) electrons. The molecule has 112 valence electrons. The molecule has 2 unspecified atom stereocenters. The molecule has 1 aliphatic rings. The van der Waals surface area contributed by atoms with Crippen LogP contribution in [0.5, 0.6) is 0 Å². The highest BCUT2D eigenvalue weighted by Gasteiger charge is 2.47. The van der Waals surface area contributed by atoms with E-state index in [1.54, 1.807) is 0 Å². The lowest BCUT2D eigenvalue weighted by atomic mass is 9.66. The number of pyridine rings is 1. The molecule has 2 nitrogen and oxygen atoms in total. The second kappa shape index (κ2) is 5.35. The second-order valence-electron chi connectivity index (χ2n) is 5.94. The fourth-order valence-corrected chi connectivity index (χ4v) is 3.39. The summed E-state index contributed by atoms with van der Waals surface area (Å²) in [6, 6.07) is 0.958. The molecule has 1 N–H and O–H groups in total. The fraction of sp³-hybridized carbons (Fsp3) is 0.667. The first kappa shape index (κ1) is 15.3. The average molecular weight is 287 g/mol. The molecular formula is C15H20F3NO. The Morgan fingerprint density at radius 1 is 1.35 bits per heavy atom. The Morgan fingerprint density at radius 3 is 2.65 bits per heavy atom. The van der Waals surface area contributed by atoms with Crippen LogP contribution in [0.2, 0.25) is 0 Å². The Morgan fingerprint density at radius 2 is 2.05 bits per heavy atom. The predicted octanol–water partition coefficient (Wildman–Crippen LogP) is 4.13. The lowest BCUT2D eigenvalue weighted by Gasteiger charge is -2.43. The molecule has 0 spiro atoms. The molecule has 1 aliphatic carbocycles. The molecule has 20 heavy (non-hydrogen) atoms. The van der Waals surface area contributed by atoms with Gasteiger partial charge in [-0.25, -0.2) is 0 Å². The van der Waals surface area contributed by atoms with Gasteiger partial charge in [0.25, 0.3) is 0 Å². The van der Waals surface area contributed by atoms with Gasteiger partial charge >= 0.3 is 6.18 Å². The molecule has 2 rings (SSSR count). The zero-order chi connectivity index (χ0) is 15.0. The van der Waals surface area contributed by atoms with Crippen molar-refractivity contribution in [3.05, 3.63) is 29.6 Å². The zero-order valence-corrected chi connectivity index (χ0v) is 11.7. The van der Waals surface area contributed by atoms with Crippen LogP contribution in [0.4, 0.5) is 13.2 Å². The Balaban J connectivity index is 2.53. The molecule has 1 aromatic heterocycles. The molecule has 1 heterocycles. The molecule has 0 amide bonds. The monoisotopic (exact) mass is 287 g/mol. The molecule has 0 bridgehead atoms. The van der Waals surface area contributed by atoms with Gasteiger partial charge in [-0.3, -0.25) is 4.98 Å². The Labute approximate surface area is 117 Å². The smallest absolute Gasteiger partial charge is 0.385 e. The Kier molecular flexibility index (Phi) is 4.09. The molecule has 0 saturated heterocycles. The van der Waals surface area contributed by atoms with E-state index in [0.717, 1.165) is 31.5 Å². The van der Waals surface area contributed by atoms with Crippen LogP contribution in [-0.4, -0.2) is 10.1 Å². The van der Waals surface area contributed by atoms with Gasteiger partial charge in [-0.05, 0) is 30.7 Å². The Bertz CT molecular complexity index is 472. The number of hydrogen-bond acceptors (Lipinski definition) is 2. The highest BCUT2D eigenvalue weighted by atomic mass is 19.4. The van der Waals surface area contributed by atoms with E-state index < -0.39 is 17.3 Å². The van der Waals surface area contributed by atoms with Crippen molar-refractivity contribution in [3.63, 3.8) is 0 Å². The van der Waals surface area contributed by atoms with E-state index >= 15 is 0 Å². The van der Waals surface area contributed by atoms with Crippen molar-refractivity contribution < 1.29 is 18.3 Å². The first-order valence-electron chi connectivity index (χ1n) is 7.01. The third kappa shape index (κ3) is 2.68. The average Bonchev–Trinajstić information content (AvgIpc) is 2.38. The van der Waals surface area contributed by atoms with Crippen molar-refractivity contribution in [1.82, 2.24) is 4.98 Å². The van der Waals surface area contributed by atoms with Crippen molar-refractivity contribution in [2.24, 2.45) is 11.8 Å². The van der Waals surface area contributed by atoms with Gasteiger partial charge in [0.2, 0.25) is 0 Å². The molecule has 2 atom stereocenters. The van der Waals surface area contributed by atoms with Gasteiger partial charge in [-0.2, -0.15) is 13.2 Å². The predicted molar refractivity (Wildman–Crippen MR) is 69.9 cm³/mol. The highest BCUT2D eigenvalue weighted by molar-refractivity contribution is 5.33. The van der Waals surface area contributed by atoms with Crippen LogP contribution in [0.3, 0.4) is 0 Å². The summed E-state index contributed by atoms with van der Waals surface area (Å²) in [6.45, 7) is 3.90. The van der Waals surface area contributed by atoms with Crippen LogP contribution in [0.25, 0.3) is 0 Å². The SMILES string of the molecule is CC(C)C1CCCCC1(O)c1cnccc1C(F)(F)F. The maximum Gasteiger partial charge on any atom is 0.416 e. The van der Waals surface area contributed by atoms with Gasteiger partial charge < -0.3 is 5.11 Å². The summed E-state index contributed by atoms with van der Waals surface area (Å²) in [5.41, 5.74) is -2.25. The topological polar surface area (TPSA) is 33.1 Å². The first-order chi connectivity index (χ1) is 9.27. The van der Waals surface area contributed by atoms with Crippen molar-refractivity contribution in [2.45, 2.75) is 51.3 Å². The van der Waals surface area contributed by atoms with Crippen molar-refractivity contribution in [1.29, 1.82) is 0 Å². The summed E-state index contributed by atoms with van der Waals surface area (Å²) in [5.74, 6) is -0.0388. The van der Waals surface area contributed by atoms with Gasteiger partial charge in [0.15, 0.2) is 0 Å². The minimum atomic E-state index is -4.47. The minimum Gasteiger partial charge on any atom is -0.385 e. The third-order valence-corrected chi connectivity index (χ3v) is 4.33. The quantitative estimate of drug-likeness (QED) is 0.887. The largest absolute Gasteiger partial charge is 0.416 e. The van der Waals surface area contributed by atoms with Gasteiger partial charge in [0, 0.05) is 18.0 Å². The summed E-state index contributed by atoms with van der Waals surface area (Å²) in [4.78, 5) is 3.81. The lowest BCUT2D eigenvalue weighted by Crippen LogP contribution is -2.42. The minimum absolute atomic E-state index is 0.0640. The summed E-state index contributed by atoms with van der Waals surface area (Å²) >= 11 is 0. The normalized spacial score (nSPS) is 27.9. The standard InChI is InChI=1S/C15H20F3NO/c1-10(2)11-5-3-4-7-14(11,20)13-9-19-8-6-12(13)15(16,17)18/h6,8-11,20H,3-5,7H2,1-2H3. The molecule has 5 heteroatoms. The molecule has 1 fully saturated rings. The number of aliphatic hydroxyl groups is 1. The maximum atomic E-state index is 13.2. The van der Waals surface area contributed by atoms with Crippen LogP contribution >= 0.6 is 0 Å². The van der Waals surface area contributed by atoms with Gasteiger partial charge in [-0.1, -0.05) is 26.7 Å². The highest BCUT2D eigenvalue weighted by Crippen LogP contribution is 2.48. The van der Waals surface area contributed by atoms with E-state index in [1.165, 1.54) is 6.20 Å². The summed E-state index contributed by atoms with van der Waals surface area (Å²) in [5, 5.41) is 11.0. The molecular weight excluding hydrogens is 267 g/mol. The third-order valence-electron chi connectivity index (χ3n) is 4.33. The van der Waals surface area contributed by atoms with E-state index in [1.807, 2.05) is 13.8 Å². The van der Waals surface area contributed by atoms with E-state index in [4.69, 9.17) is 0 Å². The van der Waals surface area contributed by atoms with Crippen LogP contribution in [0, 0.1) is 11.8 Å². The number of hydrogen-bond donors (Lipinski definition) is 1. The van der Waals surface area contributed by atoms with Crippen LogP contribution < -0.4 is 0 Å². The number of alkyl halides is 3. The molecule has 1 aromatic rings. The molecule has 0 aliphatic heterocycles. The Hall–Kier alpha value is -1.10. The number of aromatic nitrogens is 1. The zero-order valence-electron chi connectivity index (χ0n) is 11.7. The summed E-state index contributed by atoms with van der Waals surface area (Å²) in [7, 11) is 0. The van der Waals surface area contributed by atoms with Crippen LogP contribution in [-0.2, 0) is 11.8 Å². The van der Waals surface area contributed by atoms with Gasteiger partial charge in [0.05, 0.1) is 11.2 Å². The van der Waals surface area contributed by atoms with Crippen molar-refractivity contribution >= 4 is 0 Å². The van der Waals surface area contributed by atoms with Crippen LogP contribution in [0.1, 0.15) is 50.7 Å². The van der Waals surface area contributed by atoms with Crippen LogP contribution in [0.15, 0.2) is 18.5 Å². The molecule has 0 aromatic carbocycles. The summed E-state index contributed by atoms with van der Waals surface area (Å²) in [6.07, 6.45) is 0.656. The maximum absolute atomic E-state index is 13.2. The van der Waals surface area contributed by atoms with Crippen molar-refractivity contribution in [2.75, 3.05) is 0 Å². The van der Waals surface area contributed by atoms with Gasteiger partial charge in [-0.15, -0.1) is 0 Å². The number of nitrogens with zero attached hydrogens (tertiary/aromatic N) is 1. The van der Waals surface area contributed by atoms with E-state index in [-0.39, 0.29) is 17.4 Å². The van der Waals surface area contributed by atoms with E-state index in [9.17, 15) is 18.3 Å². The van der Waals surface area contributed by atoms with Crippen molar-refractivity contribution in [3.8, 4) is 0 Å².